The van der Waals surface area contributed by atoms with Crippen LogP contribution in [0, 0.1) is 0 Å². The maximum absolute atomic E-state index is 12.4. The standard InChI is InChI=1S/C21H21N7O3S2/c22-16(29)8-9-17-24-27-21(28(17)12-15-7-4-10-31-15)32-13-18-25-26-20(33-18)19(30)23-11-14-5-2-1-3-6-14/h1-7,10H,8-9,11-13H2,(H2,22,29)(H,23,30). The zero-order valence-corrected chi connectivity index (χ0v) is 19.1. The zero-order valence-electron chi connectivity index (χ0n) is 17.5. The fourth-order valence-electron chi connectivity index (χ4n) is 2.95. The number of furan rings is 1. The number of nitrogens with one attached hydrogen (secondary N) is 1. The summed E-state index contributed by atoms with van der Waals surface area (Å²) in [6.07, 6.45) is 2.16. The van der Waals surface area contributed by atoms with Gasteiger partial charge in [-0.15, -0.1) is 20.4 Å². The van der Waals surface area contributed by atoms with Crippen LogP contribution in [0.2, 0.25) is 0 Å². The number of carbonyl (C=O) groups is 2. The summed E-state index contributed by atoms with van der Waals surface area (Å²) in [5.74, 6) is 1.19. The Morgan fingerprint density at radius 3 is 2.70 bits per heavy atom. The van der Waals surface area contributed by atoms with Crippen molar-refractivity contribution in [3.63, 3.8) is 0 Å². The molecule has 3 aromatic heterocycles. The summed E-state index contributed by atoms with van der Waals surface area (Å²) in [6.45, 7) is 0.854. The SMILES string of the molecule is NC(=O)CCc1nnc(SCc2nnc(C(=O)NCc3ccccc3)s2)n1Cc1ccco1. The molecule has 0 aliphatic rings. The number of carbonyl (C=O) groups excluding carboxylic acids is 2. The van der Waals surface area contributed by atoms with Gasteiger partial charge in [0.25, 0.3) is 5.91 Å². The fourth-order valence-corrected chi connectivity index (χ4v) is 4.65. The molecule has 0 spiro atoms. The van der Waals surface area contributed by atoms with E-state index in [1.807, 2.05) is 41.0 Å². The van der Waals surface area contributed by atoms with E-state index >= 15 is 0 Å². The van der Waals surface area contributed by atoms with Crippen LogP contribution in [0.25, 0.3) is 0 Å². The topological polar surface area (TPSA) is 142 Å². The van der Waals surface area contributed by atoms with Gasteiger partial charge in [-0.2, -0.15) is 0 Å². The van der Waals surface area contributed by atoms with Crippen molar-refractivity contribution < 1.29 is 14.0 Å². The van der Waals surface area contributed by atoms with Gasteiger partial charge in [0.1, 0.15) is 16.6 Å². The van der Waals surface area contributed by atoms with Gasteiger partial charge in [0, 0.05) is 19.4 Å². The van der Waals surface area contributed by atoms with E-state index in [0.717, 1.165) is 11.3 Å². The minimum absolute atomic E-state index is 0.179. The highest BCUT2D eigenvalue weighted by molar-refractivity contribution is 7.98. The van der Waals surface area contributed by atoms with E-state index in [1.165, 1.54) is 23.1 Å². The highest BCUT2D eigenvalue weighted by atomic mass is 32.2. The molecule has 12 heteroatoms. The first kappa shape index (κ1) is 22.7. The van der Waals surface area contributed by atoms with Gasteiger partial charge in [0.15, 0.2) is 5.16 Å². The lowest BCUT2D eigenvalue weighted by molar-refractivity contribution is -0.118. The van der Waals surface area contributed by atoms with E-state index in [1.54, 1.807) is 12.3 Å². The minimum Gasteiger partial charge on any atom is -0.467 e. The molecule has 0 unspecified atom stereocenters. The van der Waals surface area contributed by atoms with Crippen molar-refractivity contribution in [2.24, 2.45) is 5.73 Å². The van der Waals surface area contributed by atoms with Gasteiger partial charge in [-0.05, 0) is 17.7 Å². The molecule has 4 aromatic rings. The summed E-state index contributed by atoms with van der Waals surface area (Å²) < 4.78 is 7.34. The second-order valence-corrected chi connectivity index (χ2v) is 8.99. The largest absolute Gasteiger partial charge is 0.467 e. The van der Waals surface area contributed by atoms with Gasteiger partial charge in [0.05, 0.1) is 18.6 Å². The summed E-state index contributed by atoms with van der Waals surface area (Å²) in [6, 6.07) is 13.3. The van der Waals surface area contributed by atoms with Crippen molar-refractivity contribution >= 4 is 34.9 Å². The second kappa shape index (κ2) is 10.9. The molecule has 0 fully saturated rings. The molecule has 0 atom stereocenters. The molecule has 0 bridgehead atoms. The predicted molar refractivity (Wildman–Crippen MR) is 122 cm³/mol. The first-order chi connectivity index (χ1) is 16.1. The maximum atomic E-state index is 12.4. The number of aryl methyl sites for hydroxylation is 1. The van der Waals surface area contributed by atoms with E-state index < -0.39 is 5.91 Å². The van der Waals surface area contributed by atoms with Gasteiger partial charge in [-0.1, -0.05) is 53.4 Å². The predicted octanol–water partition coefficient (Wildman–Crippen LogP) is 2.41. The van der Waals surface area contributed by atoms with E-state index in [0.29, 0.717) is 46.3 Å². The summed E-state index contributed by atoms with van der Waals surface area (Å²) >= 11 is 2.66. The number of benzene rings is 1. The molecular formula is C21H21N7O3S2. The van der Waals surface area contributed by atoms with Crippen LogP contribution in [0.3, 0.4) is 0 Å². The van der Waals surface area contributed by atoms with Crippen LogP contribution in [0.5, 0.6) is 0 Å². The Morgan fingerprint density at radius 1 is 1.09 bits per heavy atom. The maximum Gasteiger partial charge on any atom is 0.282 e. The summed E-state index contributed by atoms with van der Waals surface area (Å²) in [5.41, 5.74) is 6.29. The summed E-state index contributed by atoms with van der Waals surface area (Å²) in [7, 11) is 0. The van der Waals surface area contributed by atoms with E-state index in [2.05, 4.69) is 25.7 Å². The Bertz CT molecular complexity index is 1210. The monoisotopic (exact) mass is 483 g/mol. The molecule has 4 rings (SSSR count). The molecule has 170 valence electrons. The Hall–Kier alpha value is -3.51. The Labute approximate surface area is 197 Å². The molecule has 0 radical (unpaired) electrons. The van der Waals surface area contributed by atoms with E-state index in [4.69, 9.17) is 10.2 Å². The van der Waals surface area contributed by atoms with Crippen molar-refractivity contribution in [3.05, 3.63) is 75.9 Å². The molecule has 3 heterocycles. The number of nitrogens with two attached hydrogens (primary N) is 1. The van der Waals surface area contributed by atoms with Gasteiger partial charge in [0.2, 0.25) is 10.9 Å². The van der Waals surface area contributed by atoms with Crippen molar-refractivity contribution in [1.82, 2.24) is 30.3 Å². The Balaban J connectivity index is 1.39. The van der Waals surface area contributed by atoms with Crippen LogP contribution in [-0.4, -0.2) is 36.8 Å². The number of rotatable bonds is 11. The summed E-state index contributed by atoms with van der Waals surface area (Å²) in [5, 5.41) is 21.1. The molecule has 10 nitrogen and oxygen atoms in total. The average Bonchev–Trinajstić information content (AvgIpc) is 3.58. The third kappa shape index (κ3) is 6.26. The fraction of sp³-hybridized carbons (Fsp3) is 0.238. The second-order valence-electron chi connectivity index (χ2n) is 6.99. The number of hydrogen-bond acceptors (Lipinski definition) is 9. The van der Waals surface area contributed by atoms with Crippen LogP contribution >= 0.6 is 23.1 Å². The van der Waals surface area contributed by atoms with Crippen LogP contribution in [0.1, 0.15) is 38.4 Å². The van der Waals surface area contributed by atoms with Gasteiger partial charge < -0.3 is 15.5 Å². The van der Waals surface area contributed by atoms with Crippen molar-refractivity contribution in [3.8, 4) is 0 Å². The molecule has 33 heavy (non-hydrogen) atoms. The molecular weight excluding hydrogens is 462 g/mol. The highest BCUT2D eigenvalue weighted by Gasteiger charge is 2.17. The number of aromatic nitrogens is 5. The quantitative estimate of drug-likeness (QED) is 0.310. The zero-order chi connectivity index (χ0) is 23.0. The van der Waals surface area contributed by atoms with E-state index in [9.17, 15) is 9.59 Å². The molecule has 0 aliphatic heterocycles. The van der Waals surface area contributed by atoms with Crippen LogP contribution in [0.4, 0.5) is 0 Å². The van der Waals surface area contributed by atoms with Crippen LogP contribution in [-0.2, 0) is 30.1 Å². The van der Waals surface area contributed by atoms with Crippen LogP contribution in [0.15, 0.2) is 58.3 Å². The number of thioether (sulfide) groups is 1. The van der Waals surface area contributed by atoms with Gasteiger partial charge >= 0.3 is 0 Å². The lowest BCUT2D eigenvalue weighted by atomic mass is 10.2. The Morgan fingerprint density at radius 2 is 1.94 bits per heavy atom. The third-order valence-corrected chi connectivity index (χ3v) is 6.65. The molecule has 0 saturated carbocycles. The molecule has 3 N–H and O–H groups in total. The van der Waals surface area contributed by atoms with Crippen molar-refractivity contribution in [1.29, 1.82) is 0 Å². The molecule has 1 aromatic carbocycles. The summed E-state index contributed by atoms with van der Waals surface area (Å²) in [4.78, 5) is 23.6. The van der Waals surface area contributed by atoms with Crippen LogP contribution < -0.4 is 11.1 Å². The first-order valence-corrected chi connectivity index (χ1v) is 11.9. The molecule has 0 aliphatic carbocycles. The number of amides is 2. The lowest BCUT2D eigenvalue weighted by Gasteiger charge is -2.07. The van der Waals surface area contributed by atoms with Gasteiger partial charge in [-0.25, -0.2) is 0 Å². The van der Waals surface area contributed by atoms with Gasteiger partial charge in [-0.3, -0.25) is 14.2 Å². The number of nitrogens with zero attached hydrogens (tertiary/aromatic N) is 5. The third-order valence-electron chi connectivity index (χ3n) is 4.56. The molecule has 0 saturated heterocycles. The minimum atomic E-state index is -0.399. The van der Waals surface area contributed by atoms with E-state index in [-0.39, 0.29) is 12.3 Å². The first-order valence-electron chi connectivity index (χ1n) is 10.1. The number of hydrogen-bond donors (Lipinski definition) is 2. The number of primary amides is 1. The Kier molecular flexibility index (Phi) is 7.47. The van der Waals surface area contributed by atoms with Crippen molar-refractivity contribution in [2.45, 2.75) is 36.8 Å². The average molecular weight is 484 g/mol. The normalized spacial score (nSPS) is 10.9. The highest BCUT2D eigenvalue weighted by Crippen LogP contribution is 2.25. The smallest absolute Gasteiger partial charge is 0.282 e. The molecule has 2 amide bonds. The lowest BCUT2D eigenvalue weighted by Crippen LogP contribution is -2.22. The van der Waals surface area contributed by atoms with Crippen molar-refractivity contribution in [2.75, 3.05) is 0 Å².